The molecule has 3 rings (SSSR count). The molecule has 2 aromatic heterocycles. The van der Waals surface area contributed by atoms with Crippen molar-refractivity contribution in [2.75, 3.05) is 11.4 Å². The van der Waals surface area contributed by atoms with Gasteiger partial charge in [-0.3, -0.25) is 0 Å². The second-order valence-electron chi connectivity index (χ2n) is 4.47. The summed E-state index contributed by atoms with van der Waals surface area (Å²) >= 11 is 3.47. The number of halogens is 1. The topological polar surface area (TPSA) is 33.4 Å². The highest BCUT2D eigenvalue weighted by Gasteiger charge is 2.31. The fourth-order valence-corrected chi connectivity index (χ4v) is 2.55. The van der Waals surface area contributed by atoms with Gasteiger partial charge in [-0.05, 0) is 35.2 Å². The summed E-state index contributed by atoms with van der Waals surface area (Å²) in [4.78, 5) is 11.4. The van der Waals surface area contributed by atoms with Crippen molar-refractivity contribution in [2.45, 2.75) is 32.2 Å². The molecule has 0 saturated heterocycles. The number of hydrogen-bond acceptors (Lipinski definition) is 3. The fraction of sp³-hybridized carbons (Fsp3) is 0.500. The molecule has 1 fully saturated rings. The first kappa shape index (κ1) is 11.0. The maximum atomic E-state index is 4.61. The maximum Gasteiger partial charge on any atom is 0.180 e. The van der Waals surface area contributed by atoms with Crippen LogP contribution in [0.1, 0.15) is 26.2 Å². The zero-order valence-corrected chi connectivity index (χ0v) is 11.4. The third-order valence-corrected chi connectivity index (χ3v) is 3.43. The van der Waals surface area contributed by atoms with E-state index in [9.17, 15) is 0 Å². The molecular formula is C12H15BrN4. The van der Waals surface area contributed by atoms with Crippen molar-refractivity contribution in [1.29, 1.82) is 0 Å². The molecule has 0 spiro atoms. The minimum absolute atomic E-state index is 0.664. The third kappa shape index (κ3) is 2.04. The molecule has 0 aromatic carbocycles. The van der Waals surface area contributed by atoms with Crippen LogP contribution in [0.25, 0.3) is 5.65 Å². The fourth-order valence-electron chi connectivity index (χ4n) is 2.17. The summed E-state index contributed by atoms with van der Waals surface area (Å²) in [6.07, 6.45) is 9.43. The van der Waals surface area contributed by atoms with Gasteiger partial charge in [-0.1, -0.05) is 6.92 Å². The van der Waals surface area contributed by atoms with Crippen LogP contribution in [-0.4, -0.2) is 27.0 Å². The Balaban J connectivity index is 2.09. The second kappa shape index (κ2) is 4.29. The predicted octanol–water partition coefficient (Wildman–Crippen LogP) is 2.87. The molecule has 0 N–H and O–H groups in total. The molecule has 1 saturated carbocycles. The minimum Gasteiger partial charge on any atom is -0.351 e. The molecule has 1 aliphatic rings. The van der Waals surface area contributed by atoms with Crippen LogP contribution in [-0.2, 0) is 0 Å². The SMILES string of the molecule is CCCN(c1nc(Br)cn2ccnc12)C1CC1. The molecule has 5 heteroatoms. The van der Waals surface area contributed by atoms with E-state index >= 15 is 0 Å². The van der Waals surface area contributed by atoms with Gasteiger partial charge < -0.3 is 9.30 Å². The Bertz CT molecular complexity index is 532. The Morgan fingerprint density at radius 3 is 3.06 bits per heavy atom. The molecule has 4 nitrogen and oxygen atoms in total. The summed E-state index contributed by atoms with van der Waals surface area (Å²) in [6, 6.07) is 0.664. The van der Waals surface area contributed by atoms with E-state index in [1.54, 1.807) is 0 Å². The van der Waals surface area contributed by atoms with Gasteiger partial charge in [0.25, 0.3) is 0 Å². The number of imidazole rings is 1. The molecular weight excluding hydrogens is 280 g/mol. The molecule has 0 amide bonds. The van der Waals surface area contributed by atoms with Crippen LogP contribution < -0.4 is 4.90 Å². The van der Waals surface area contributed by atoms with Crippen molar-refractivity contribution >= 4 is 27.4 Å². The van der Waals surface area contributed by atoms with E-state index in [0.717, 1.165) is 29.0 Å². The summed E-state index contributed by atoms with van der Waals surface area (Å²) in [5.41, 5.74) is 0.952. The zero-order valence-electron chi connectivity index (χ0n) is 9.80. The standard InChI is InChI=1S/C12H15BrN4/c1-2-6-17(9-3-4-9)12-11-14-5-7-16(11)8-10(13)15-12/h5,7-9H,2-4,6H2,1H3. The van der Waals surface area contributed by atoms with Crippen LogP contribution in [0.15, 0.2) is 23.2 Å². The Kier molecular flexibility index (Phi) is 2.78. The van der Waals surface area contributed by atoms with Gasteiger partial charge in [-0.2, -0.15) is 0 Å². The highest BCUT2D eigenvalue weighted by molar-refractivity contribution is 9.10. The minimum atomic E-state index is 0.664. The van der Waals surface area contributed by atoms with Gasteiger partial charge in [-0.15, -0.1) is 0 Å². The number of rotatable bonds is 4. The van der Waals surface area contributed by atoms with Crippen molar-refractivity contribution in [1.82, 2.24) is 14.4 Å². The first-order chi connectivity index (χ1) is 8.29. The van der Waals surface area contributed by atoms with Gasteiger partial charge >= 0.3 is 0 Å². The lowest BCUT2D eigenvalue weighted by Gasteiger charge is -2.23. The Hall–Kier alpha value is -1.10. The van der Waals surface area contributed by atoms with E-state index in [1.165, 1.54) is 12.8 Å². The lowest BCUT2D eigenvalue weighted by Crippen LogP contribution is -2.28. The predicted molar refractivity (Wildman–Crippen MR) is 71.3 cm³/mol. The summed E-state index contributed by atoms with van der Waals surface area (Å²) in [5.74, 6) is 1.01. The molecule has 0 aliphatic heterocycles. The molecule has 2 aromatic rings. The maximum absolute atomic E-state index is 4.61. The van der Waals surface area contributed by atoms with Crippen molar-refractivity contribution in [3.05, 3.63) is 23.2 Å². The van der Waals surface area contributed by atoms with E-state index in [2.05, 4.69) is 37.7 Å². The molecule has 0 bridgehead atoms. The molecule has 0 radical (unpaired) electrons. The van der Waals surface area contributed by atoms with Gasteiger partial charge in [0, 0.05) is 31.2 Å². The van der Waals surface area contributed by atoms with Crippen LogP contribution >= 0.6 is 15.9 Å². The first-order valence-electron chi connectivity index (χ1n) is 6.05. The molecule has 0 atom stereocenters. The average Bonchev–Trinajstić information content (AvgIpc) is 3.04. The molecule has 1 aliphatic carbocycles. The van der Waals surface area contributed by atoms with Crippen molar-refractivity contribution in [3.63, 3.8) is 0 Å². The van der Waals surface area contributed by atoms with Gasteiger partial charge in [0.2, 0.25) is 0 Å². The summed E-state index contributed by atoms with van der Waals surface area (Å²) < 4.78 is 2.89. The zero-order chi connectivity index (χ0) is 11.8. The summed E-state index contributed by atoms with van der Waals surface area (Å²) in [5, 5.41) is 0. The van der Waals surface area contributed by atoms with Crippen molar-refractivity contribution in [3.8, 4) is 0 Å². The van der Waals surface area contributed by atoms with E-state index in [4.69, 9.17) is 0 Å². The van der Waals surface area contributed by atoms with E-state index < -0.39 is 0 Å². The number of fused-ring (bicyclic) bond motifs is 1. The van der Waals surface area contributed by atoms with Crippen LogP contribution in [0, 0.1) is 0 Å². The van der Waals surface area contributed by atoms with Gasteiger partial charge in [0.1, 0.15) is 4.60 Å². The van der Waals surface area contributed by atoms with E-state index in [0.29, 0.717) is 6.04 Å². The van der Waals surface area contributed by atoms with E-state index in [1.807, 2.05) is 23.0 Å². The van der Waals surface area contributed by atoms with Gasteiger partial charge in [-0.25, -0.2) is 9.97 Å². The number of hydrogen-bond donors (Lipinski definition) is 0. The largest absolute Gasteiger partial charge is 0.351 e. The monoisotopic (exact) mass is 294 g/mol. The molecule has 0 unspecified atom stereocenters. The summed E-state index contributed by atoms with van der Waals surface area (Å²) in [7, 11) is 0. The van der Waals surface area contributed by atoms with Crippen LogP contribution in [0.4, 0.5) is 5.82 Å². The van der Waals surface area contributed by atoms with Crippen LogP contribution in [0.3, 0.4) is 0 Å². The number of aromatic nitrogens is 3. The number of nitrogens with zero attached hydrogens (tertiary/aromatic N) is 4. The summed E-state index contributed by atoms with van der Waals surface area (Å²) in [6.45, 7) is 3.26. The van der Waals surface area contributed by atoms with Crippen LogP contribution in [0.5, 0.6) is 0 Å². The van der Waals surface area contributed by atoms with Gasteiger partial charge in [0.05, 0.1) is 0 Å². The highest BCUT2D eigenvalue weighted by atomic mass is 79.9. The quantitative estimate of drug-likeness (QED) is 0.869. The molecule has 90 valence electrons. The highest BCUT2D eigenvalue weighted by Crippen LogP contribution is 2.33. The van der Waals surface area contributed by atoms with Gasteiger partial charge in [0.15, 0.2) is 11.5 Å². The first-order valence-corrected chi connectivity index (χ1v) is 6.84. The smallest absolute Gasteiger partial charge is 0.180 e. The lowest BCUT2D eigenvalue weighted by atomic mass is 10.4. The lowest BCUT2D eigenvalue weighted by molar-refractivity contribution is 0.748. The Labute approximate surface area is 109 Å². The molecule has 17 heavy (non-hydrogen) atoms. The van der Waals surface area contributed by atoms with Crippen molar-refractivity contribution in [2.24, 2.45) is 0 Å². The molecule has 2 heterocycles. The number of anilines is 1. The van der Waals surface area contributed by atoms with Crippen molar-refractivity contribution < 1.29 is 0 Å². The Morgan fingerprint density at radius 1 is 1.53 bits per heavy atom. The average molecular weight is 295 g/mol. The second-order valence-corrected chi connectivity index (χ2v) is 5.28. The normalized spacial score (nSPS) is 15.4. The Morgan fingerprint density at radius 2 is 2.35 bits per heavy atom. The van der Waals surface area contributed by atoms with E-state index in [-0.39, 0.29) is 0 Å². The third-order valence-electron chi connectivity index (χ3n) is 3.05. The van der Waals surface area contributed by atoms with Crippen LogP contribution in [0.2, 0.25) is 0 Å².